The van der Waals surface area contributed by atoms with Crippen LogP contribution in [0, 0.1) is 0 Å². The maximum absolute atomic E-state index is 11.9. The first-order valence-electron chi connectivity index (χ1n) is 7.58. The van der Waals surface area contributed by atoms with Crippen LogP contribution in [0.1, 0.15) is 26.2 Å². The normalized spacial score (nSPS) is 27.4. The summed E-state index contributed by atoms with van der Waals surface area (Å²) in [6.45, 7) is 8.52. The van der Waals surface area contributed by atoms with Gasteiger partial charge < -0.3 is 15.5 Å². The Morgan fingerprint density at radius 3 is 2.74 bits per heavy atom. The Hall–Kier alpha value is -0.650. The van der Waals surface area contributed by atoms with Gasteiger partial charge in [-0.25, -0.2) is 0 Å². The number of hydrogen-bond donors (Lipinski definition) is 2. The van der Waals surface area contributed by atoms with Crippen LogP contribution in [0.2, 0.25) is 0 Å². The maximum atomic E-state index is 11.9. The first-order chi connectivity index (χ1) is 9.15. The average molecular weight is 268 g/mol. The van der Waals surface area contributed by atoms with Crippen molar-refractivity contribution in [2.24, 2.45) is 0 Å². The summed E-state index contributed by atoms with van der Waals surface area (Å²) < 4.78 is 0. The van der Waals surface area contributed by atoms with Crippen molar-refractivity contribution in [3.8, 4) is 0 Å². The molecule has 2 rings (SSSR count). The van der Waals surface area contributed by atoms with E-state index in [9.17, 15) is 4.79 Å². The second-order valence-corrected chi connectivity index (χ2v) is 5.99. The third-order valence-corrected chi connectivity index (χ3v) is 4.35. The number of nitrogens with zero attached hydrogens (tertiary/aromatic N) is 2. The molecule has 0 saturated carbocycles. The Kier molecular flexibility index (Phi) is 5.60. The molecule has 2 aliphatic heterocycles. The van der Waals surface area contributed by atoms with Crippen LogP contribution >= 0.6 is 0 Å². The van der Waals surface area contributed by atoms with Crippen molar-refractivity contribution in [3.63, 3.8) is 0 Å². The van der Waals surface area contributed by atoms with Crippen LogP contribution in [-0.4, -0.2) is 74.1 Å². The average Bonchev–Trinajstić information content (AvgIpc) is 2.89. The standard InChI is InChI=1S/C14H28N4O/c1-12(18-8-6-17(2)7-9-18)11-16-14(19)10-13-4-3-5-15-13/h12-13,15H,3-11H2,1-2H3,(H,16,19). The van der Waals surface area contributed by atoms with Gasteiger partial charge in [0.25, 0.3) is 0 Å². The second-order valence-electron chi connectivity index (χ2n) is 5.99. The van der Waals surface area contributed by atoms with Crippen molar-refractivity contribution in [2.75, 3.05) is 46.3 Å². The number of piperazine rings is 1. The van der Waals surface area contributed by atoms with E-state index in [1.165, 1.54) is 6.42 Å². The van der Waals surface area contributed by atoms with E-state index >= 15 is 0 Å². The zero-order chi connectivity index (χ0) is 13.7. The van der Waals surface area contributed by atoms with Crippen molar-refractivity contribution in [1.29, 1.82) is 0 Å². The molecule has 5 nitrogen and oxygen atoms in total. The molecule has 0 aromatic rings. The predicted octanol–water partition coefficient (Wildman–Crippen LogP) is -0.119. The molecule has 5 heteroatoms. The van der Waals surface area contributed by atoms with E-state index in [1.54, 1.807) is 0 Å². The molecule has 2 heterocycles. The van der Waals surface area contributed by atoms with Gasteiger partial charge in [0.1, 0.15) is 0 Å². The fraction of sp³-hybridized carbons (Fsp3) is 0.929. The molecule has 0 aromatic carbocycles. The SMILES string of the molecule is CC(CNC(=O)CC1CCCN1)N1CCN(C)CC1. The van der Waals surface area contributed by atoms with Gasteiger partial charge in [-0.1, -0.05) is 0 Å². The number of amides is 1. The minimum absolute atomic E-state index is 0.195. The van der Waals surface area contributed by atoms with Crippen LogP contribution in [-0.2, 0) is 4.79 Å². The van der Waals surface area contributed by atoms with Crippen LogP contribution in [0.5, 0.6) is 0 Å². The van der Waals surface area contributed by atoms with E-state index in [1.807, 2.05) is 0 Å². The highest BCUT2D eigenvalue weighted by molar-refractivity contribution is 5.76. The Balaban J connectivity index is 1.62. The Labute approximate surface area is 116 Å². The molecule has 19 heavy (non-hydrogen) atoms. The minimum Gasteiger partial charge on any atom is -0.354 e. The molecule has 2 atom stereocenters. The summed E-state index contributed by atoms with van der Waals surface area (Å²) in [5, 5.41) is 6.45. The zero-order valence-electron chi connectivity index (χ0n) is 12.3. The summed E-state index contributed by atoms with van der Waals surface area (Å²) >= 11 is 0. The van der Waals surface area contributed by atoms with Crippen molar-refractivity contribution in [2.45, 2.75) is 38.3 Å². The van der Waals surface area contributed by atoms with Gasteiger partial charge in [0.05, 0.1) is 0 Å². The highest BCUT2D eigenvalue weighted by atomic mass is 16.1. The summed E-state index contributed by atoms with van der Waals surface area (Å²) in [7, 11) is 2.17. The first kappa shape index (κ1) is 14.8. The molecule has 2 fully saturated rings. The number of carbonyl (C=O) groups is 1. The van der Waals surface area contributed by atoms with Gasteiger partial charge >= 0.3 is 0 Å². The molecule has 0 radical (unpaired) electrons. The Morgan fingerprint density at radius 2 is 2.11 bits per heavy atom. The van der Waals surface area contributed by atoms with Gasteiger partial charge in [-0.2, -0.15) is 0 Å². The third kappa shape index (κ3) is 4.75. The highest BCUT2D eigenvalue weighted by Gasteiger charge is 2.21. The molecule has 0 bridgehead atoms. The summed E-state index contributed by atoms with van der Waals surface area (Å²) in [4.78, 5) is 16.7. The van der Waals surface area contributed by atoms with Crippen LogP contribution in [0.3, 0.4) is 0 Å². The quantitative estimate of drug-likeness (QED) is 0.730. The van der Waals surface area contributed by atoms with Gasteiger partial charge in [0.15, 0.2) is 0 Å². The van der Waals surface area contributed by atoms with E-state index in [0.717, 1.165) is 45.7 Å². The molecule has 2 aliphatic rings. The van der Waals surface area contributed by atoms with E-state index in [4.69, 9.17) is 0 Å². The maximum Gasteiger partial charge on any atom is 0.221 e. The molecule has 2 saturated heterocycles. The summed E-state index contributed by atoms with van der Waals surface area (Å²) in [5.41, 5.74) is 0. The fourth-order valence-electron chi connectivity index (χ4n) is 2.88. The molecule has 0 spiro atoms. The monoisotopic (exact) mass is 268 g/mol. The highest BCUT2D eigenvalue weighted by Crippen LogP contribution is 2.08. The molecule has 2 unspecified atom stereocenters. The van der Waals surface area contributed by atoms with Crippen LogP contribution in [0.4, 0.5) is 0 Å². The number of nitrogens with one attached hydrogen (secondary N) is 2. The molecular weight excluding hydrogens is 240 g/mol. The molecule has 1 amide bonds. The Bertz CT molecular complexity index is 283. The van der Waals surface area contributed by atoms with E-state index < -0.39 is 0 Å². The largest absolute Gasteiger partial charge is 0.354 e. The lowest BCUT2D eigenvalue weighted by Crippen LogP contribution is -2.51. The lowest BCUT2D eigenvalue weighted by molar-refractivity contribution is -0.121. The first-order valence-corrected chi connectivity index (χ1v) is 7.58. The molecule has 110 valence electrons. The van der Waals surface area contributed by atoms with Crippen LogP contribution in [0.15, 0.2) is 0 Å². The summed E-state index contributed by atoms with van der Waals surface area (Å²) in [6.07, 6.45) is 2.98. The third-order valence-electron chi connectivity index (χ3n) is 4.35. The molecule has 0 aliphatic carbocycles. The van der Waals surface area contributed by atoms with E-state index in [-0.39, 0.29) is 5.91 Å². The number of rotatable bonds is 5. The second kappa shape index (κ2) is 7.22. The fourth-order valence-corrected chi connectivity index (χ4v) is 2.88. The smallest absolute Gasteiger partial charge is 0.221 e. The molecule has 2 N–H and O–H groups in total. The lowest BCUT2D eigenvalue weighted by atomic mass is 10.1. The Morgan fingerprint density at radius 1 is 1.37 bits per heavy atom. The zero-order valence-corrected chi connectivity index (χ0v) is 12.3. The number of carbonyl (C=O) groups excluding carboxylic acids is 1. The topological polar surface area (TPSA) is 47.6 Å². The number of hydrogen-bond acceptors (Lipinski definition) is 4. The molecular formula is C14H28N4O. The van der Waals surface area contributed by atoms with Gasteiger partial charge in [-0.3, -0.25) is 9.69 Å². The lowest BCUT2D eigenvalue weighted by Gasteiger charge is -2.36. The molecule has 0 aromatic heterocycles. The number of likely N-dealkylation sites (N-methyl/N-ethyl adjacent to an activating group) is 1. The van der Waals surface area contributed by atoms with E-state index in [0.29, 0.717) is 18.5 Å². The van der Waals surface area contributed by atoms with Gasteiger partial charge in [-0.05, 0) is 33.4 Å². The van der Waals surface area contributed by atoms with Crippen LogP contribution < -0.4 is 10.6 Å². The minimum atomic E-state index is 0.195. The van der Waals surface area contributed by atoms with Gasteiger partial charge in [0, 0.05) is 51.2 Å². The van der Waals surface area contributed by atoms with Gasteiger partial charge in [-0.15, -0.1) is 0 Å². The van der Waals surface area contributed by atoms with E-state index in [2.05, 4.69) is 34.4 Å². The summed E-state index contributed by atoms with van der Waals surface area (Å²) in [5.74, 6) is 0.195. The van der Waals surface area contributed by atoms with Crippen molar-refractivity contribution in [1.82, 2.24) is 20.4 Å². The van der Waals surface area contributed by atoms with Crippen molar-refractivity contribution in [3.05, 3.63) is 0 Å². The predicted molar refractivity (Wildman–Crippen MR) is 77.2 cm³/mol. The van der Waals surface area contributed by atoms with Crippen LogP contribution in [0.25, 0.3) is 0 Å². The summed E-state index contributed by atoms with van der Waals surface area (Å²) in [6, 6.07) is 0.841. The van der Waals surface area contributed by atoms with Gasteiger partial charge in [0.2, 0.25) is 5.91 Å². The van der Waals surface area contributed by atoms with Crippen molar-refractivity contribution < 1.29 is 4.79 Å². The van der Waals surface area contributed by atoms with Crippen molar-refractivity contribution >= 4 is 5.91 Å².